The Morgan fingerprint density at radius 2 is 1.50 bits per heavy atom. The fourth-order valence-electron chi connectivity index (χ4n) is 1.60. The summed E-state index contributed by atoms with van der Waals surface area (Å²) in [6.07, 6.45) is 0. The van der Waals surface area contributed by atoms with Gasteiger partial charge in [-0.3, -0.25) is 0 Å². The minimum Gasteiger partial charge on any atom is -0.309 e. The molecule has 0 aromatic heterocycles. The molecule has 94 valence electrons. The largest absolute Gasteiger partial charge is 0.309 e. The van der Waals surface area contributed by atoms with Crippen molar-refractivity contribution in [3.63, 3.8) is 0 Å². The lowest BCUT2D eigenvalue weighted by atomic mass is 10.2. The lowest BCUT2D eigenvalue weighted by Crippen LogP contribution is -2.12. The predicted molar refractivity (Wildman–Crippen MR) is 71.0 cm³/mol. The highest BCUT2D eigenvalue weighted by Gasteiger charge is 2.00. The normalized spacial score (nSPS) is 10.6. The van der Waals surface area contributed by atoms with E-state index < -0.39 is 0 Å². The molecule has 0 spiro atoms. The van der Waals surface area contributed by atoms with Crippen molar-refractivity contribution in [2.24, 2.45) is 0 Å². The van der Waals surface area contributed by atoms with Gasteiger partial charge in [0.25, 0.3) is 0 Å². The second-order valence-corrected chi connectivity index (χ2v) is 4.83. The van der Waals surface area contributed by atoms with Crippen LogP contribution in [-0.4, -0.2) is 0 Å². The highest BCUT2D eigenvalue weighted by atomic mass is 79.9. The van der Waals surface area contributed by atoms with Crippen LogP contribution in [-0.2, 0) is 13.1 Å². The summed E-state index contributed by atoms with van der Waals surface area (Å²) in [5.41, 5.74) is 1.87. The second kappa shape index (κ2) is 6.07. The minimum absolute atomic E-state index is 0.242. The smallest absolute Gasteiger partial charge is 0.137 e. The van der Waals surface area contributed by atoms with Crippen LogP contribution in [0.25, 0.3) is 0 Å². The summed E-state index contributed by atoms with van der Waals surface area (Å²) >= 11 is 3.11. The van der Waals surface area contributed by atoms with Gasteiger partial charge in [0.2, 0.25) is 0 Å². The Bertz CT molecular complexity index is 526. The molecule has 0 saturated carbocycles. The zero-order valence-electron chi connectivity index (χ0n) is 9.59. The number of halogens is 3. The van der Waals surface area contributed by atoms with Gasteiger partial charge < -0.3 is 5.32 Å². The minimum atomic E-state index is -0.268. The average molecular weight is 312 g/mol. The van der Waals surface area contributed by atoms with E-state index in [0.29, 0.717) is 17.6 Å². The Balaban J connectivity index is 1.88. The van der Waals surface area contributed by atoms with E-state index in [2.05, 4.69) is 21.2 Å². The van der Waals surface area contributed by atoms with Gasteiger partial charge in [0.05, 0.1) is 4.47 Å². The first-order valence-electron chi connectivity index (χ1n) is 5.54. The summed E-state index contributed by atoms with van der Waals surface area (Å²) in [5.74, 6) is -0.509. The Labute approximate surface area is 113 Å². The first-order valence-corrected chi connectivity index (χ1v) is 6.33. The van der Waals surface area contributed by atoms with Crippen molar-refractivity contribution in [3.05, 3.63) is 69.7 Å². The molecule has 2 rings (SSSR count). The maximum Gasteiger partial charge on any atom is 0.137 e. The van der Waals surface area contributed by atoms with E-state index in [1.165, 1.54) is 18.2 Å². The monoisotopic (exact) mass is 311 g/mol. The van der Waals surface area contributed by atoms with E-state index in [1.54, 1.807) is 18.2 Å². The topological polar surface area (TPSA) is 12.0 Å². The van der Waals surface area contributed by atoms with Crippen molar-refractivity contribution >= 4 is 15.9 Å². The van der Waals surface area contributed by atoms with Gasteiger partial charge in [-0.05, 0) is 51.3 Å². The van der Waals surface area contributed by atoms with E-state index in [4.69, 9.17) is 0 Å². The number of rotatable bonds is 4. The van der Waals surface area contributed by atoms with Crippen LogP contribution < -0.4 is 5.32 Å². The zero-order chi connectivity index (χ0) is 13.0. The van der Waals surface area contributed by atoms with Crippen LogP contribution in [0.4, 0.5) is 8.78 Å². The molecule has 0 heterocycles. The molecule has 0 saturated heterocycles. The summed E-state index contributed by atoms with van der Waals surface area (Å²) in [4.78, 5) is 0. The lowest BCUT2D eigenvalue weighted by molar-refractivity contribution is 0.612. The molecule has 0 aliphatic carbocycles. The summed E-state index contributed by atoms with van der Waals surface area (Å²) in [5, 5.41) is 3.18. The fraction of sp³-hybridized carbons (Fsp3) is 0.143. The molecule has 2 aromatic rings. The highest BCUT2D eigenvalue weighted by Crippen LogP contribution is 2.16. The van der Waals surface area contributed by atoms with E-state index in [0.717, 1.165) is 11.1 Å². The first-order chi connectivity index (χ1) is 8.65. The van der Waals surface area contributed by atoms with Gasteiger partial charge in [-0.2, -0.15) is 0 Å². The van der Waals surface area contributed by atoms with Crippen molar-refractivity contribution in [3.8, 4) is 0 Å². The van der Waals surface area contributed by atoms with E-state index in [-0.39, 0.29) is 11.6 Å². The molecule has 2 aromatic carbocycles. The first kappa shape index (κ1) is 13.2. The number of benzene rings is 2. The Morgan fingerprint density at radius 1 is 0.889 bits per heavy atom. The summed E-state index contributed by atoms with van der Waals surface area (Å²) in [6.45, 7) is 1.19. The van der Waals surface area contributed by atoms with Gasteiger partial charge in [-0.25, -0.2) is 8.78 Å². The van der Waals surface area contributed by atoms with Crippen LogP contribution in [0.3, 0.4) is 0 Å². The van der Waals surface area contributed by atoms with Crippen LogP contribution >= 0.6 is 15.9 Å². The Hall–Kier alpha value is -1.26. The van der Waals surface area contributed by atoms with Crippen LogP contribution in [0, 0.1) is 11.6 Å². The molecular weight excluding hydrogens is 300 g/mol. The van der Waals surface area contributed by atoms with Crippen molar-refractivity contribution in [2.45, 2.75) is 13.1 Å². The third kappa shape index (κ3) is 3.62. The molecule has 0 aliphatic heterocycles. The standard InChI is InChI=1S/C14H12BrF2N/c15-13-6-3-11(7-14(13)17)9-18-8-10-1-4-12(16)5-2-10/h1-7,18H,8-9H2. The van der Waals surface area contributed by atoms with Crippen molar-refractivity contribution in [2.75, 3.05) is 0 Å². The molecule has 18 heavy (non-hydrogen) atoms. The lowest BCUT2D eigenvalue weighted by Gasteiger charge is -2.06. The molecular formula is C14H12BrF2N. The van der Waals surface area contributed by atoms with E-state index in [9.17, 15) is 8.78 Å². The third-order valence-electron chi connectivity index (χ3n) is 2.56. The molecule has 4 heteroatoms. The SMILES string of the molecule is Fc1ccc(CNCc2ccc(Br)c(F)c2)cc1. The Morgan fingerprint density at radius 3 is 2.17 bits per heavy atom. The molecule has 0 aliphatic rings. The van der Waals surface area contributed by atoms with Crippen molar-refractivity contribution in [1.82, 2.24) is 5.32 Å². The highest BCUT2D eigenvalue weighted by molar-refractivity contribution is 9.10. The molecule has 1 N–H and O–H groups in total. The average Bonchev–Trinajstić information content (AvgIpc) is 2.36. The molecule has 0 fully saturated rings. The van der Waals surface area contributed by atoms with E-state index >= 15 is 0 Å². The predicted octanol–water partition coefficient (Wildman–Crippen LogP) is 4.02. The molecule has 0 radical (unpaired) electrons. The van der Waals surface area contributed by atoms with Gasteiger partial charge in [0, 0.05) is 13.1 Å². The van der Waals surface area contributed by atoms with Crippen LogP contribution in [0.15, 0.2) is 46.9 Å². The van der Waals surface area contributed by atoms with Gasteiger partial charge >= 0.3 is 0 Å². The maximum atomic E-state index is 13.3. The van der Waals surface area contributed by atoms with Crippen LogP contribution in [0.1, 0.15) is 11.1 Å². The molecule has 1 nitrogen and oxygen atoms in total. The van der Waals surface area contributed by atoms with Crippen molar-refractivity contribution in [1.29, 1.82) is 0 Å². The summed E-state index contributed by atoms with van der Waals surface area (Å²) < 4.78 is 26.4. The summed E-state index contributed by atoms with van der Waals surface area (Å²) in [7, 11) is 0. The molecule has 0 atom stereocenters. The zero-order valence-corrected chi connectivity index (χ0v) is 11.2. The van der Waals surface area contributed by atoms with Crippen LogP contribution in [0.5, 0.6) is 0 Å². The summed E-state index contributed by atoms with van der Waals surface area (Å²) in [6, 6.07) is 11.3. The fourth-order valence-corrected chi connectivity index (χ4v) is 1.85. The maximum absolute atomic E-state index is 13.3. The third-order valence-corrected chi connectivity index (χ3v) is 3.20. The van der Waals surface area contributed by atoms with Gasteiger partial charge in [0.15, 0.2) is 0 Å². The molecule has 0 unspecified atom stereocenters. The number of hydrogen-bond donors (Lipinski definition) is 1. The number of hydrogen-bond acceptors (Lipinski definition) is 1. The van der Waals surface area contributed by atoms with Crippen molar-refractivity contribution < 1.29 is 8.78 Å². The second-order valence-electron chi connectivity index (χ2n) is 3.98. The van der Waals surface area contributed by atoms with Gasteiger partial charge in [-0.1, -0.05) is 18.2 Å². The van der Waals surface area contributed by atoms with Crippen LogP contribution in [0.2, 0.25) is 0 Å². The number of nitrogens with one attached hydrogen (secondary N) is 1. The van der Waals surface area contributed by atoms with Gasteiger partial charge in [-0.15, -0.1) is 0 Å². The van der Waals surface area contributed by atoms with E-state index in [1.807, 2.05) is 6.07 Å². The van der Waals surface area contributed by atoms with Gasteiger partial charge in [0.1, 0.15) is 11.6 Å². The Kier molecular flexibility index (Phi) is 4.44. The molecule has 0 bridgehead atoms. The molecule has 0 amide bonds. The quantitative estimate of drug-likeness (QED) is 0.899.